The lowest BCUT2D eigenvalue weighted by molar-refractivity contribution is -0.151. The van der Waals surface area contributed by atoms with Gasteiger partial charge in [-0.05, 0) is 58.4 Å². The zero-order chi connectivity index (χ0) is 15.3. The Labute approximate surface area is 127 Å². The van der Waals surface area contributed by atoms with Gasteiger partial charge in [-0.3, -0.25) is 14.8 Å². The van der Waals surface area contributed by atoms with Gasteiger partial charge in [0.2, 0.25) is 0 Å². The molecule has 5 heteroatoms. The molecule has 5 nitrogen and oxygen atoms in total. The quantitative estimate of drug-likeness (QED) is 0.561. The number of carbonyl (C=O) groups excluding carboxylic acids is 1. The van der Waals surface area contributed by atoms with E-state index in [-0.39, 0.29) is 5.97 Å². The molecule has 0 spiro atoms. The van der Waals surface area contributed by atoms with Gasteiger partial charge < -0.3 is 4.74 Å². The first-order valence-electron chi connectivity index (χ1n) is 7.97. The maximum Gasteiger partial charge on any atom is 0.326 e. The van der Waals surface area contributed by atoms with Crippen LogP contribution in [0.3, 0.4) is 0 Å². The topological polar surface area (TPSA) is 56.2 Å². The van der Waals surface area contributed by atoms with Crippen molar-refractivity contribution >= 4 is 5.97 Å². The van der Waals surface area contributed by atoms with E-state index in [0.29, 0.717) is 12.6 Å². The van der Waals surface area contributed by atoms with Gasteiger partial charge in [-0.15, -0.1) is 0 Å². The summed E-state index contributed by atoms with van der Waals surface area (Å²) in [4.78, 5) is 12.2. The molecule has 1 fully saturated rings. The summed E-state index contributed by atoms with van der Waals surface area (Å²) in [6.45, 7) is 7.21. The smallest absolute Gasteiger partial charge is 0.326 e. The molecule has 0 amide bonds. The highest BCUT2D eigenvalue weighted by molar-refractivity contribution is 5.80. The van der Waals surface area contributed by atoms with Crippen LogP contribution in [0, 0.1) is 6.92 Å². The lowest BCUT2D eigenvalue weighted by Crippen LogP contribution is -2.51. The molecule has 118 valence electrons. The fourth-order valence-electron chi connectivity index (χ4n) is 2.54. The van der Waals surface area contributed by atoms with Crippen molar-refractivity contribution in [3.8, 4) is 0 Å². The third-order valence-corrected chi connectivity index (χ3v) is 3.90. The molecular weight excluding hydrogens is 266 g/mol. The van der Waals surface area contributed by atoms with E-state index in [4.69, 9.17) is 4.74 Å². The Bertz CT molecular complexity index is 468. The highest BCUT2D eigenvalue weighted by Crippen LogP contribution is 2.26. The van der Waals surface area contributed by atoms with Crippen LogP contribution in [0.5, 0.6) is 0 Å². The standard InChI is InChI=1S/C16H27N3O2/c1-4-21-15(20)16(3,18-14-7-8-14)9-5-6-10-19-12-13(2)11-17-19/h11-12,14,18H,4-10H2,1-3H3. The van der Waals surface area contributed by atoms with Crippen LogP contribution in [0.4, 0.5) is 0 Å². The number of esters is 1. The summed E-state index contributed by atoms with van der Waals surface area (Å²) in [6, 6.07) is 0.494. The first-order valence-corrected chi connectivity index (χ1v) is 7.97. The normalized spacial score (nSPS) is 17.5. The van der Waals surface area contributed by atoms with E-state index in [0.717, 1.165) is 25.8 Å². The molecule has 1 aliphatic rings. The molecule has 2 rings (SSSR count). The fraction of sp³-hybridized carbons (Fsp3) is 0.750. The van der Waals surface area contributed by atoms with Crippen LogP contribution in [-0.4, -0.2) is 33.9 Å². The second-order valence-electron chi connectivity index (χ2n) is 6.21. The average molecular weight is 293 g/mol. The van der Waals surface area contributed by atoms with Gasteiger partial charge in [0.1, 0.15) is 5.54 Å². The summed E-state index contributed by atoms with van der Waals surface area (Å²) in [6.07, 6.45) is 9.06. The minimum atomic E-state index is -0.544. The predicted octanol–water partition coefficient (Wildman–Crippen LogP) is 2.44. The zero-order valence-electron chi connectivity index (χ0n) is 13.4. The number of aryl methyl sites for hydroxylation is 2. The minimum Gasteiger partial charge on any atom is -0.465 e. The molecule has 0 aromatic carbocycles. The molecule has 1 saturated carbocycles. The van der Waals surface area contributed by atoms with Crippen molar-refractivity contribution in [1.82, 2.24) is 15.1 Å². The molecule has 1 atom stereocenters. The van der Waals surface area contributed by atoms with Crippen LogP contribution in [0.1, 0.15) is 51.5 Å². The first-order chi connectivity index (χ1) is 10.0. The molecular formula is C16H27N3O2. The number of aromatic nitrogens is 2. The van der Waals surface area contributed by atoms with Gasteiger partial charge in [-0.1, -0.05) is 0 Å². The number of ether oxygens (including phenoxy) is 1. The molecule has 0 radical (unpaired) electrons. The van der Waals surface area contributed by atoms with Gasteiger partial charge in [0.05, 0.1) is 12.8 Å². The van der Waals surface area contributed by atoms with Crippen molar-refractivity contribution in [2.45, 2.75) is 71.0 Å². The maximum absolute atomic E-state index is 12.2. The summed E-state index contributed by atoms with van der Waals surface area (Å²) >= 11 is 0. The van der Waals surface area contributed by atoms with Crippen molar-refractivity contribution in [2.24, 2.45) is 0 Å². The number of unbranched alkanes of at least 4 members (excludes halogenated alkanes) is 1. The van der Waals surface area contributed by atoms with Crippen LogP contribution in [0.25, 0.3) is 0 Å². The Kier molecular flexibility index (Phi) is 5.39. The summed E-state index contributed by atoms with van der Waals surface area (Å²) in [5, 5.41) is 7.74. The molecule has 0 saturated heterocycles. The predicted molar refractivity (Wildman–Crippen MR) is 82.0 cm³/mol. The summed E-state index contributed by atoms with van der Waals surface area (Å²) in [5.41, 5.74) is 0.638. The molecule has 1 heterocycles. The summed E-state index contributed by atoms with van der Waals surface area (Å²) in [7, 11) is 0. The van der Waals surface area contributed by atoms with E-state index in [1.54, 1.807) is 0 Å². The molecule has 1 aromatic heterocycles. The van der Waals surface area contributed by atoms with Crippen LogP contribution in [-0.2, 0) is 16.1 Å². The number of carbonyl (C=O) groups is 1. The molecule has 21 heavy (non-hydrogen) atoms. The molecule has 1 unspecified atom stereocenters. The van der Waals surface area contributed by atoms with Crippen molar-refractivity contribution < 1.29 is 9.53 Å². The van der Waals surface area contributed by atoms with E-state index in [1.807, 2.05) is 37.8 Å². The van der Waals surface area contributed by atoms with E-state index in [1.165, 1.54) is 18.4 Å². The van der Waals surface area contributed by atoms with Gasteiger partial charge in [0.15, 0.2) is 0 Å². The number of nitrogens with one attached hydrogen (secondary N) is 1. The Hall–Kier alpha value is -1.36. The van der Waals surface area contributed by atoms with Gasteiger partial charge in [0.25, 0.3) is 0 Å². The second-order valence-corrected chi connectivity index (χ2v) is 6.21. The van der Waals surface area contributed by atoms with Crippen molar-refractivity contribution in [3.05, 3.63) is 18.0 Å². The first kappa shape index (κ1) is 16.0. The zero-order valence-corrected chi connectivity index (χ0v) is 13.4. The van der Waals surface area contributed by atoms with E-state index < -0.39 is 5.54 Å². The SMILES string of the molecule is CCOC(=O)C(C)(CCCCn1cc(C)cn1)NC1CC1. The molecule has 0 aliphatic heterocycles. The van der Waals surface area contributed by atoms with E-state index in [9.17, 15) is 4.79 Å². The third kappa shape index (κ3) is 4.84. The number of nitrogens with zero attached hydrogens (tertiary/aromatic N) is 2. The number of hydrogen-bond acceptors (Lipinski definition) is 4. The number of hydrogen-bond donors (Lipinski definition) is 1. The molecule has 1 aromatic rings. The molecule has 1 aliphatic carbocycles. The van der Waals surface area contributed by atoms with Gasteiger partial charge in [0, 0.05) is 18.8 Å². The second kappa shape index (κ2) is 7.07. The Morgan fingerprint density at radius 2 is 2.29 bits per heavy atom. The summed E-state index contributed by atoms with van der Waals surface area (Å²) in [5.74, 6) is -0.119. The van der Waals surface area contributed by atoms with Crippen LogP contribution >= 0.6 is 0 Å². The minimum absolute atomic E-state index is 0.119. The maximum atomic E-state index is 12.2. The summed E-state index contributed by atoms with van der Waals surface area (Å²) < 4.78 is 7.20. The lowest BCUT2D eigenvalue weighted by atomic mass is 9.94. The van der Waals surface area contributed by atoms with Crippen LogP contribution in [0.2, 0.25) is 0 Å². The average Bonchev–Trinajstić information content (AvgIpc) is 3.15. The van der Waals surface area contributed by atoms with E-state index >= 15 is 0 Å². The highest BCUT2D eigenvalue weighted by Gasteiger charge is 2.39. The Morgan fingerprint density at radius 1 is 1.52 bits per heavy atom. The monoisotopic (exact) mass is 293 g/mol. The van der Waals surface area contributed by atoms with Gasteiger partial charge in [-0.25, -0.2) is 0 Å². The van der Waals surface area contributed by atoms with Gasteiger partial charge >= 0.3 is 5.97 Å². The van der Waals surface area contributed by atoms with Crippen molar-refractivity contribution in [1.29, 1.82) is 0 Å². The largest absolute Gasteiger partial charge is 0.465 e. The van der Waals surface area contributed by atoms with Crippen molar-refractivity contribution in [3.63, 3.8) is 0 Å². The molecule has 1 N–H and O–H groups in total. The highest BCUT2D eigenvalue weighted by atomic mass is 16.5. The van der Waals surface area contributed by atoms with Crippen LogP contribution < -0.4 is 5.32 Å². The Balaban J connectivity index is 1.79. The Morgan fingerprint density at radius 3 is 2.86 bits per heavy atom. The fourth-order valence-corrected chi connectivity index (χ4v) is 2.54. The van der Waals surface area contributed by atoms with Crippen LogP contribution in [0.15, 0.2) is 12.4 Å². The van der Waals surface area contributed by atoms with E-state index in [2.05, 4.69) is 10.4 Å². The third-order valence-electron chi connectivity index (χ3n) is 3.90. The lowest BCUT2D eigenvalue weighted by Gasteiger charge is -2.28. The number of rotatable bonds is 9. The van der Waals surface area contributed by atoms with Gasteiger partial charge in [-0.2, -0.15) is 5.10 Å². The molecule has 0 bridgehead atoms. The van der Waals surface area contributed by atoms with Crippen molar-refractivity contribution in [2.75, 3.05) is 6.61 Å².